The molecule has 0 aliphatic heterocycles. The van der Waals surface area contributed by atoms with Crippen LogP contribution in [0.5, 0.6) is 11.5 Å². The molecule has 0 fully saturated rings. The number of rotatable bonds is 8. The zero-order valence-electron chi connectivity index (χ0n) is 15.1. The standard InChI is InChI=1S/C19H22N2O5S/c1-14(22)20-18(12-13-27(2,24)25)19(23)21-15-8-10-17(11-9-15)26-16-6-4-3-5-7-16/h3-11,18H,12-13H2,1-2H3,(H,20,22)(H,21,23)/t18-/m0/s1. The highest BCUT2D eigenvalue weighted by Crippen LogP contribution is 2.22. The van der Waals surface area contributed by atoms with Crippen molar-refractivity contribution in [1.29, 1.82) is 0 Å². The summed E-state index contributed by atoms with van der Waals surface area (Å²) >= 11 is 0. The molecule has 144 valence electrons. The van der Waals surface area contributed by atoms with Crippen molar-refractivity contribution in [3.05, 3.63) is 54.6 Å². The highest BCUT2D eigenvalue weighted by Gasteiger charge is 2.21. The summed E-state index contributed by atoms with van der Waals surface area (Å²) in [6.07, 6.45) is 1.08. The predicted octanol–water partition coefficient (Wildman–Crippen LogP) is 2.36. The number of carbonyl (C=O) groups is 2. The fourth-order valence-electron chi connectivity index (χ4n) is 2.31. The zero-order valence-corrected chi connectivity index (χ0v) is 16.0. The minimum absolute atomic E-state index is 0.000547. The molecule has 0 unspecified atom stereocenters. The maximum atomic E-state index is 12.4. The minimum atomic E-state index is -3.24. The molecule has 1 atom stereocenters. The predicted molar refractivity (Wildman–Crippen MR) is 104 cm³/mol. The summed E-state index contributed by atoms with van der Waals surface area (Å²) in [6, 6.07) is 15.1. The first-order valence-corrected chi connectivity index (χ1v) is 10.4. The van der Waals surface area contributed by atoms with Crippen molar-refractivity contribution in [2.45, 2.75) is 19.4 Å². The van der Waals surface area contributed by atoms with Gasteiger partial charge in [-0.1, -0.05) is 18.2 Å². The first-order valence-electron chi connectivity index (χ1n) is 8.31. The topological polar surface area (TPSA) is 102 Å². The van der Waals surface area contributed by atoms with Crippen molar-refractivity contribution in [1.82, 2.24) is 5.32 Å². The molecule has 8 heteroatoms. The molecule has 2 aromatic carbocycles. The van der Waals surface area contributed by atoms with Gasteiger partial charge in [-0.2, -0.15) is 0 Å². The van der Waals surface area contributed by atoms with E-state index in [1.807, 2.05) is 30.3 Å². The number of sulfone groups is 1. The molecule has 2 aromatic rings. The quantitative estimate of drug-likeness (QED) is 0.720. The number of hydrogen-bond acceptors (Lipinski definition) is 5. The lowest BCUT2D eigenvalue weighted by atomic mass is 10.2. The Labute approximate surface area is 158 Å². The van der Waals surface area contributed by atoms with Crippen molar-refractivity contribution in [3.63, 3.8) is 0 Å². The maximum Gasteiger partial charge on any atom is 0.246 e. The SMILES string of the molecule is CC(=O)N[C@@H](CCS(C)(=O)=O)C(=O)Nc1ccc(Oc2ccccc2)cc1. The summed E-state index contributed by atoms with van der Waals surface area (Å²) in [7, 11) is -3.24. The highest BCUT2D eigenvalue weighted by molar-refractivity contribution is 7.90. The summed E-state index contributed by atoms with van der Waals surface area (Å²) < 4.78 is 28.3. The van der Waals surface area contributed by atoms with Crippen LogP contribution in [0.4, 0.5) is 5.69 Å². The Morgan fingerprint density at radius 1 is 1.00 bits per heavy atom. The van der Waals surface area contributed by atoms with Gasteiger partial charge in [-0.3, -0.25) is 9.59 Å². The van der Waals surface area contributed by atoms with Crippen molar-refractivity contribution in [2.24, 2.45) is 0 Å². The summed E-state index contributed by atoms with van der Waals surface area (Å²) in [5.41, 5.74) is 0.509. The molecule has 0 saturated heterocycles. The molecule has 2 rings (SSSR count). The second-order valence-corrected chi connectivity index (χ2v) is 8.36. The smallest absolute Gasteiger partial charge is 0.246 e. The largest absolute Gasteiger partial charge is 0.457 e. The van der Waals surface area contributed by atoms with Crippen LogP contribution < -0.4 is 15.4 Å². The Morgan fingerprint density at radius 3 is 2.15 bits per heavy atom. The average Bonchev–Trinajstić information content (AvgIpc) is 2.60. The van der Waals surface area contributed by atoms with Gasteiger partial charge in [-0.25, -0.2) is 8.42 Å². The lowest BCUT2D eigenvalue weighted by Crippen LogP contribution is -2.43. The van der Waals surface area contributed by atoms with E-state index in [2.05, 4.69) is 10.6 Å². The van der Waals surface area contributed by atoms with E-state index < -0.39 is 27.7 Å². The molecule has 2 N–H and O–H groups in total. The lowest BCUT2D eigenvalue weighted by Gasteiger charge is -2.17. The van der Waals surface area contributed by atoms with E-state index >= 15 is 0 Å². The molecule has 2 amide bonds. The summed E-state index contributed by atoms with van der Waals surface area (Å²) in [4.78, 5) is 23.7. The summed E-state index contributed by atoms with van der Waals surface area (Å²) in [5, 5.41) is 5.15. The molecule has 0 aromatic heterocycles. The number of amides is 2. The molecule has 0 aliphatic carbocycles. The van der Waals surface area contributed by atoms with Crippen LogP contribution in [0, 0.1) is 0 Å². The van der Waals surface area contributed by atoms with Crippen LogP contribution in [-0.2, 0) is 19.4 Å². The first kappa shape index (κ1) is 20.4. The van der Waals surface area contributed by atoms with Crippen molar-refractivity contribution in [2.75, 3.05) is 17.3 Å². The monoisotopic (exact) mass is 390 g/mol. The number of hydrogen-bond donors (Lipinski definition) is 2. The Kier molecular flexibility index (Phi) is 6.95. The Morgan fingerprint density at radius 2 is 1.59 bits per heavy atom. The number of ether oxygens (including phenoxy) is 1. The molecular weight excluding hydrogens is 368 g/mol. The second-order valence-electron chi connectivity index (χ2n) is 6.10. The second kappa shape index (κ2) is 9.18. The Bertz CT molecular complexity index is 880. The average molecular weight is 390 g/mol. The van der Waals surface area contributed by atoms with Gasteiger partial charge in [-0.05, 0) is 42.8 Å². The Hall–Kier alpha value is -2.87. The van der Waals surface area contributed by atoms with E-state index in [4.69, 9.17) is 4.74 Å². The molecule has 0 heterocycles. The number of benzene rings is 2. The van der Waals surface area contributed by atoms with E-state index in [1.54, 1.807) is 24.3 Å². The van der Waals surface area contributed by atoms with Gasteiger partial charge in [0.25, 0.3) is 0 Å². The molecular formula is C19H22N2O5S. The third-order valence-corrected chi connectivity index (χ3v) is 4.55. The molecule has 0 bridgehead atoms. The first-order chi connectivity index (χ1) is 12.7. The number of carbonyl (C=O) groups excluding carboxylic acids is 2. The van der Waals surface area contributed by atoms with Gasteiger partial charge in [0.1, 0.15) is 27.4 Å². The summed E-state index contributed by atoms with van der Waals surface area (Å²) in [5.74, 6) is 0.214. The lowest BCUT2D eigenvalue weighted by molar-refractivity contribution is -0.125. The third-order valence-electron chi connectivity index (χ3n) is 3.57. The zero-order chi connectivity index (χ0) is 19.9. The van der Waals surface area contributed by atoms with Gasteiger partial charge in [0, 0.05) is 18.9 Å². The van der Waals surface area contributed by atoms with Crippen molar-refractivity contribution >= 4 is 27.3 Å². The fraction of sp³-hybridized carbons (Fsp3) is 0.263. The van der Waals surface area contributed by atoms with Crippen LogP contribution in [0.1, 0.15) is 13.3 Å². The van der Waals surface area contributed by atoms with E-state index in [9.17, 15) is 18.0 Å². The molecule has 0 radical (unpaired) electrons. The van der Waals surface area contributed by atoms with E-state index in [1.165, 1.54) is 6.92 Å². The number of para-hydroxylation sites is 1. The van der Waals surface area contributed by atoms with E-state index in [0.717, 1.165) is 6.26 Å². The van der Waals surface area contributed by atoms with Crippen LogP contribution in [0.25, 0.3) is 0 Å². The van der Waals surface area contributed by atoms with Crippen molar-refractivity contribution in [3.8, 4) is 11.5 Å². The van der Waals surface area contributed by atoms with Gasteiger partial charge >= 0.3 is 0 Å². The molecule has 0 spiro atoms. The molecule has 27 heavy (non-hydrogen) atoms. The summed E-state index contributed by atoms with van der Waals surface area (Å²) in [6.45, 7) is 1.27. The van der Waals surface area contributed by atoms with Crippen LogP contribution in [0.3, 0.4) is 0 Å². The Balaban J connectivity index is 2.00. The third kappa shape index (κ3) is 7.49. The van der Waals surface area contributed by atoms with E-state index in [0.29, 0.717) is 17.2 Å². The van der Waals surface area contributed by atoms with E-state index in [-0.39, 0.29) is 12.2 Å². The molecule has 0 aliphatic rings. The van der Waals surface area contributed by atoms with Crippen LogP contribution in [0.2, 0.25) is 0 Å². The molecule has 7 nitrogen and oxygen atoms in total. The van der Waals surface area contributed by atoms with Gasteiger partial charge in [-0.15, -0.1) is 0 Å². The van der Waals surface area contributed by atoms with Gasteiger partial charge in [0.2, 0.25) is 11.8 Å². The number of anilines is 1. The highest BCUT2D eigenvalue weighted by atomic mass is 32.2. The minimum Gasteiger partial charge on any atom is -0.457 e. The fourth-order valence-corrected chi connectivity index (χ4v) is 2.97. The number of nitrogens with one attached hydrogen (secondary N) is 2. The van der Waals surface area contributed by atoms with Crippen LogP contribution in [-0.4, -0.2) is 38.3 Å². The van der Waals surface area contributed by atoms with Crippen LogP contribution >= 0.6 is 0 Å². The van der Waals surface area contributed by atoms with Gasteiger partial charge < -0.3 is 15.4 Å². The van der Waals surface area contributed by atoms with Crippen molar-refractivity contribution < 1.29 is 22.7 Å². The maximum absolute atomic E-state index is 12.4. The van der Waals surface area contributed by atoms with Gasteiger partial charge in [0.05, 0.1) is 5.75 Å². The molecule has 0 saturated carbocycles. The normalized spacial score (nSPS) is 12.1. The van der Waals surface area contributed by atoms with Crippen LogP contribution in [0.15, 0.2) is 54.6 Å². The van der Waals surface area contributed by atoms with Gasteiger partial charge in [0.15, 0.2) is 0 Å².